The van der Waals surface area contributed by atoms with E-state index in [-0.39, 0.29) is 11.7 Å². The maximum absolute atomic E-state index is 13.6. The number of H-pyrrole nitrogens is 1. The molecule has 1 aliphatic rings. The number of amides is 1. The smallest absolute Gasteiger partial charge is 0.223 e. The molecule has 3 heterocycles. The van der Waals surface area contributed by atoms with Crippen LogP contribution in [0.5, 0.6) is 0 Å². The van der Waals surface area contributed by atoms with Crippen molar-refractivity contribution in [3.8, 4) is 11.1 Å². The second-order valence-corrected chi connectivity index (χ2v) is 7.07. The summed E-state index contributed by atoms with van der Waals surface area (Å²) < 4.78 is 13.6. The third-order valence-electron chi connectivity index (χ3n) is 5.17. The minimum atomic E-state index is -0.282. The number of carbonyl (C=O) groups is 1. The molecule has 2 aromatic heterocycles. The van der Waals surface area contributed by atoms with Crippen LogP contribution in [-0.4, -0.2) is 32.3 Å². The van der Waals surface area contributed by atoms with E-state index in [0.29, 0.717) is 35.6 Å². The Kier molecular flexibility index (Phi) is 3.75. The summed E-state index contributed by atoms with van der Waals surface area (Å²) in [4.78, 5) is 26.1. The highest BCUT2D eigenvalue weighted by atomic mass is 19.1. The number of benzene rings is 2. The molecule has 2 aromatic carbocycles. The first-order valence-corrected chi connectivity index (χ1v) is 9.20. The lowest BCUT2D eigenvalue weighted by Gasteiger charge is -2.12. The zero-order valence-electron chi connectivity index (χ0n) is 15.1. The zero-order chi connectivity index (χ0) is 19.3. The molecule has 5 rings (SSSR count). The largest absolute Gasteiger partial charge is 0.382 e. The third-order valence-corrected chi connectivity index (χ3v) is 5.17. The van der Waals surface area contributed by atoms with E-state index in [0.717, 1.165) is 35.0 Å². The van der Waals surface area contributed by atoms with E-state index >= 15 is 0 Å². The van der Waals surface area contributed by atoms with Crippen LogP contribution in [0, 0.1) is 5.82 Å². The highest BCUT2D eigenvalue weighted by Crippen LogP contribution is 2.30. The standard InChI is InChI=1S/C21H18FN5O/c22-14-4-1-3-12(9-14)13-6-7-15-16(10-13)24-21(23)20-19(15)25-17(26-20)11-27-8-2-5-18(27)28/h1,3-4,6-7,9-10H,2,5,8,11H2,(H2,23,24)(H,25,26). The zero-order valence-corrected chi connectivity index (χ0v) is 15.1. The van der Waals surface area contributed by atoms with Crippen molar-refractivity contribution in [2.45, 2.75) is 19.4 Å². The third kappa shape index (κ3) is 2.76. The molecule has 0 spiro atoms. The fourth-order valence-electron chi connectivity index (χ4n) is 3.80. The highest BCUT2D eigenvalue weighted by molar-refractivity contribution is 6.07. The van der Waals surface area contributed by atoms with Crippen molar-refractivity contribution in [3.05, 3.63) is 54.1 Å². The Bertz CT molecular complexity index is 1230. The number of likely N-dealkylation sites (tertiary alicyclic amines) is 1. The van der Waals surface area contributed by atoms with Gasteiger partial charge in [0.05, 0.1) is 17.6 Å². The van der Waals surface area contributed by atoms with Crippen molar-refractivity contribution in [1.82, 2.24) is 19.9 Å². The molecule has 1 amide bonds. The average Bonchev–Trinajstić information content (AvgIpc) is 3.29. The maximum atomic E-state index is 13.6. The van der Waals surface area contributed by atoms with E-state index in [1.165, 1.54) is 12.1 Å². The molecule has 3 N–H and O–H groups in total. The van der Waals surface area contributed by atoms with E-state index in [1.54, 1.807) is 11.0 Å². The van der Waals surface area contributed by atoms with Crippen molar-refractivity contribution in [2.24, 2.45) is 0 Å². The number of nitrogen functional groups attached to an aromatic ring is 1. The minimum Gasteiger partial charge on any atom is -0.382 e. The first kappa shape index (κ1) is 16.7. The fourth-order valence-corrected chi connectivity index (χ4v) is 3.80. The van der Waals surface area contributed by atoms with E-state index < -0.39 is 0 Å². The summed E-state index contributed by atoms with van der Waals surface area (Å²) in [6, 6.07) is 12.2. The number of halogens is 1. The number of anilines is 1. The second-order valence-electron chi connectivity index (χ2n) is 7.07. The van der Waals surface area contributed by atoms with Gasteiger partial charge in [-0.25, -0.2) is 14.4 Å². The summed E-state index contributed by atoms with van der Waals surface area (Å²) in [5.74, 6) is 0.890. The van der Waals surface area contributed by atoms with Gasteiger partial charge in [0.15, 0.2) is 5.82 Å². The van der Waals surface area contributed by atoms with Gasteiger partial charge in [-0.3, -0.25) is 4.79 Å². The number of imidazole rings is 1. The lowest BCUT2D eigenvalue weighted by Crippen LogP contribution is -2.24. The van der Waals surface area contributed by atoms with Crippen molar-refractivity contribution in [1.29, 1.82) is 0 Å². The van der Waals surface area contributed by atoms with E-state index in [2.05, 4.69) is 15.0 Å². The summed E-state index contributed by atoms with van der Waals surface area (Å²) >= 11 is 0. The van der Waals surface area contributed by atoms with Gasteiger partial charge in [0, 0.05) is 18.4 Å². The van der Waals surface area contributed by atoms with Crippen LogP contribution in [0.25, 0.3) is 33.1 Å². The number of hydrogen-bond donors (Lipinski definition) is 2. The van der Waals surface area contributed by atoms with Gasteiger partial charge in [0.25, 0.3) is 0 Å². The molecule has 7 heteroatoms. The molecule has 0 saturated carbocycles. The first-order chi connectivity index (χ1) is 13.6. The number of nitrogens with one attached hydrogen (secondary N) is 1. The fraction of sp³-hybridized carbons (Fsp3) is 0.190. The van der Waals surface area contributed by atoms with Crippen LogP contribution in [0.3, 0.4) is 0 Å². The van der Waals surface area contributed by atoms with Crippen LogP contribution < -0.4 is 5.73 Å². The topological polar surface area (TPSA) is 87.9 Å². The SMILES string of the molecule is Nc1nc2cc(-c3cccc(F)c3)ccc2c2[nH]c(CN3CCCC3=O)nc12. The average molecular weight is 375 g/mol. The van der Waals surface area contributed by atoms with Crippen LogP contribution in [0.2, 0.25) is 0 Å². The van der Waals surface area contributed by atoms with Crippen LogP contribution in [0.4, 0.5) is 10.2 Å². The first-order valence-electron chi connectivity index (χ1n) is 9.20. The molecule has 1 aliphatic heterocycles. The molecule has 4 aromatic rings. The summed E-state index contributed by atoms with van der Waals surface area (Å²) in [7, 11) is 0. The van der Waals surface area contributed by atoms with E-state index in [9.17, 15) is 9.18 Å². The Balaban J connectivity index is 1.60. The molecule has 0 bridgehead atoms. The predicted molar refractivity (Wildman–Crippen MR) is 106 cm³/mol. The van der Waals surface area contributed by atoms with Crippen molar-refractivity contribution >= 4 is 33.7 Å². The number of pyridine rings is 1. The number of carbonyl (C=O) groups excluding carboxylic acids is 1. The van der Waals surface area contributed by atoms with Crippen molar-refractivity contribution < 1.29 is 9.18 Å². The van der Waals surface area contributed by atoms with Gasteiger partial charge >= 0.3 is 0 Å². The number of nitrogens with zero attached hydrogens (tertiary/aromatic N) is 3. The predicted octanol–water partition coefficient (Wildman–Crippen LogP) is 3.62. The summed E-state index contributed by atoms with van der Waals surface area (Å²) in [5.41, 5.74) is 9.90. The number of aromatic nitrogens is 3. The monoisotopic (exact) mass is 375 g/mol. The lowest BCUT2D eigenvalue weighted by molar-refractivity contribution is -0.128. The molecular weight excluding hydrogens is 357 g/mol. The number of hydrogen-bond acceptors (Lipinski definition) is 4. The van der Waals surface area contributed by atoms with Gasteiger partial charge in [0.1, 0.15) is 17.2 Å². The second kappa shape index (κ2) is 6.30. The van der Waals surface area contributed by atoms with Crippen LogP contribution in [-0.2, 0) is 11.3 Å². The van der Waals surface area contributed by atoms with Gasteiger partial charge in [-0.2, -0.15) is 0 Å². The molecule has 0 atom stereocenters. The Morgan fingerprint density at radius 1 is 1.14 bits per heavy atom. The van der Waals surface area contributed by atoms with Crippen LogP contribution in [0.1, 0.15) is 18.7 Å². The molecule has 1 fully saturated rings. The van der Waals surface area contributed by atoms with Gasteiger partial charge in [0.2, 0.25) is 5.91 Å². The van der Waals surface area contributed by atoms with Gasteiger partial charge in [-0.1, -0.05) is 24.3 Å². The number of aromatic amines is 1. The minimum absolute atomic E-state index is 0.149. The molecule has 6 nitrogen and oxygen atoms in total. The van der Waals surface area contributed by atoms with E-state index in [1.807, 2.05) is 24.3 Å². The Morgan fingerprint density at radius 2 is 2.00 bits per heavy atom. The van der Waals surface area contributed by atoms with Crippen molar-refractivity contribution in [3.63, 3.8) is 0 Å². The van der Waals surface area contributed by atoms with Gasteiger partial charge < -0.3 is 15.6 Å². The highest BCUT2D eigenvalue weighted by Gasteiger charge is 2.22. The molecule has 140 valence electrons. The normalized spacial score (nSPS) is 14.5. The number of rotatable bonds is 3. The lowest BCUT2D eigenvalue weighted by atomic mass is 10.0. The Morgan fingerprint density at radius 3 is 2.79 bits per heavy atom. The van der Waals surface area contributed by atoms with E-state index in [4.69, 9.17) is 5.73 Å². The number of fused-ring (bicyclic) bond motifs is 3. The molecule has 0 unspecified atom stereocenters. The Hall–Kier alpha value is -3.48. The van der Waals surface area contributed by atoms with Gasteiger partial charge in [-0.15, -0.1) is 0 Å². The molecule has 0 radical (unpaired) electrons. The van der Waals surface area contributed by atoms with Gasteiger partial charge in [-0.05, 0) is 35.7 Å². The van der Waals surface area contributed by atoms with Crippen LogP contribution >= 0.6 is 0 Å². The Labute approximate surface area is 160 Å². The van der Waals surface area contributed by atoms with Crippen LogP contribution in [0.15, 0.2) is 42.5 Å². The molecule has 0 aliphatic carbocycles. The maximum Gasteiger partial charge on any atom is 0.223 e. The number of nitrogens with two attached hydrogens (primary N) is 1. The summed E-state index contributed by atoms with van der Waals surface area (Å²) in [6.07, 6.45) is 1.48. The molecule has 28 heavy (non-hydrogen) atoms. The quantitative estimate of drug-likeness (QED) is 0.572. The molecule has 1 saturated heterocycles. The summed E-state index contributed by atoms with van der Waals surface area (Å²) in [5, 5.41) is 0.885. The summed E-state index contributed by atoms with van der Waals surface area (Å²) in [6.45, 7) is 1.19. The van der Waals surface area contributed by atoms with Crippen molar-refractivity contribution in [2.75, 3.05) is 12.3 Å². The molecular formula is C21H18FN5O.